The summed E-state index contributed by atoms with van der Waals surface area (Å²) in [6, 6.07) is 9.59. The first-order chi connectivity index (χ1) is 10.2. The standard InChI is InChI=1S/C16H26NO4P/c1-12(2)10-14(16(18)19)11-22(20,21)15(17)9-8-13-6-4-3-5-7-13/h3-7,12,14-15H,8-11,17H2,1-2H3,(H,18,19)(H,20,21)/t14-,15+/m1/s1. The fourth-order valence-corrected chi connectivity index (χ4v) is 4.17. The zero-order valence-electron chi connectivity index (χ0n) is 13.2. The molecule has 1 aromatic carbocycles. The van der Waals surface area contributed by atoms with Crippen molar-refractivity contribution in [3.63, 3.8) is 0 Å². The second-order valence-electron chi connectivity index (χ2n) is 6.19. The van der Waals surface area contributed by atoms with Crippen LogP contribution in [0.1, 0.15) is 32.3 Å². The van der Waals surface area contributed by atoms with Gasteiger partial charge in [0.1, 0.15) is 0 Å². The summed E-state index contributed by atoms with van der Waals surface area (Å²) in [4.78, 5) is 21.4. The number of hydrogen-bond donors (Lipinski definition) is 3. The van der Waals surface area contributed by atoms with E-state index < -0.39 is 25.0 Å². The van der Waals surface area contributed by atoms with E-state index in [0.717, 1.165) is 5.56 Å². The Morgan fingerprint density at radius 3 is 2.36 bits per heavy atom. The average Bonchev–Trinajstić information content (AvgIpc) is 2.44. The van der Waals surface area contributed by atoms with Crippen LogP contribution in [-0.4, -0.2) is 27.9 Å². The maximum atomic E-state index is 12.4. The highest BCUT2D eigenvalue weighted by Crippen LogP contribution is 2.48. The molecule has 5 nitrogen and oxygen atoms in total. The molecule has 0 aromatic heterocycles. The molecule has 0 heterocycles. The van der Waals surface area contributed by atoms with Crippen LogP contribution in [0, 0.1) is 11.8 Å². The maximum absolute atomic E-state index is 12.4. The van der Waals surface area contributed by atoms with E-state index in [0.29, 0.717) is 19.3 Å². The normalized spacial score (nSPS) is 17.0. The molecule has 0 saturated carbocycles. The molecule has 1 unspecified atom stereocenters. The van der Waals surface area contributed by atoms with Crippen molar-refractivity contribution >= 4 is 13.3 Å². The molecule has 0 aliphatic heterocycles. The van der Waals surface area contributed by atoms with Gasteiger partial charge >= 0.3 is 5.97 Å². The van der Waals surface area contributed by atoms with Crippen LogP contribution in [0.2, 0.25) is 0 Å². The summed E-state index contributed by atoms with van der Waals surface area (Å²) < 4.78 is 12.4. The van der Waals surface area contributed by atoms with E-state index in [2.05, 4.69) is 0 Å². The maximum Gasteiger partial charge on any atom is 0.307 e. The van der Waals surface area contributed by atoms with E-state index in [-0.39, 0.29) is 12.1 Å². The van der Waals surface area contributed by atoms with Gasteiger partial charge in [-0.1, -0.05) is 44.2 Å². The van der Waals surface area contributed by atoms with E-state index in [1.54, 1.807) is 0 Å². The van der Waals surface area contributed by atoms with Crippen LogP contribution in [-0.2, 0) is 15.8 Å². The highest BCUT2D eigenvalue weighted by atomic mass is 31.2. The minimum atomic E-state index is -3.69. The molecule has 0 spiro atoms. The summed E-state index contributed by atoms with van der Waals surface area (Å²) in [6.45, 7) is 3.79. The van der Waals surface area contributed by atoms with Crippen molar-refractivity contribution in [2.24, 2.45) is 17.6 Å². The van der Waals surface area contributed by atoms with Gasteiger partial charge in [-0.2, -0.15) is 0 Å². The number of carbonyl (C=O) groups is 1. The summed E-state index contributed by atoms with van der Waals surface area (Å²) in [6.07, 6.45) is 1.10. The van der Waals surface area contributed by atoms with Crippen molar-refractivity contribution in [1.82, 2.24) is 0 Å². The number of benzene rings is 1. The van der Waals surface area contributed by atoms with Crippen molar-refractivity contribution in [2.75, 3.05) is 6.16 Å². The monoisotopic (exact) mass is 327 g/mol. The summed E-state index contributed by atoms with van der Waals surface area (Å²) >= 11 is 0. The molecular formula is C16H26NO4P. The number of rotatable bonds is 9. The van der Waals surface area contributed by atoms with Gasteiger partial charge in [-0.3, -0.25) is 9.36 Å². The van der Waals surface area contributed by atoms with Crippen molar-refractivity contribution in [3.8, 4) is 0 Å². The fourth-order valence-electron chi connectivity index (χ4n) is 2.43. The molecule has 0 aliphatic rings. The van der Waals surface area contributed by atoms with Gasteiger partial charge in [-0.25, -0.2) is 0 Å². The number of nitrogens with two attached hydrogens (primary N) is 1. The molecule has 0 saturated heterocycles. The first-order valence-corrected chi connectivity index (χ1v) is 9.47. The zero-order chi connectivity index (χ0) is 16.8. The number of aliphatic carboxylic acids is 1. The van der Waals surface area contributed by atoms with Crippen LogP contribution in [0.25, 0.3) is 0 Å². The van der Waals surface area contributed by atoms with Crippen LogP contribution >= 0.6 is 7.37 Å². The predicted octanol–water partition coefficient (Wildman–Crippen LogP) is 2.92. The molecule has 1 aromatic rings. The first kappa shape index (κ1) is 18.9. The van der Waals surface area contributed by atoms with Gasteiger partial charge in [0.2, 0.25) is 7.37 Å². The van der Waals surface area contributed by atoms with Crippen molar-refractivity contribution in [1.29, 1.82) is 0 Å². The molecule has 0 amide bonds. The molecule has 4 N–H and O–H groups in total. The third-order valence-corrected chi connectivity index (χ3v) is 5.94. The molecule has 0 bridgehead atoms. The minimum Gasteiger partial charge on any atom is -0.481 e. The van der Waals surface area contributed by atoms with E-state index >= 15 is 0 Å². The lowest BCUT2D eigenvalue weighted by Gasteiger charge is -2.23. The van der Waals surface area contributed by atoms with Crippen molar-refractivity contribution in [2.45, 2.75) is 38.9 Å². The lowest BCUT2D eigenvalue weighted by Crippen LogP contribution is -2.28. The highest BCUT2D eigenvalue weighted by molar-refractivity contribution is 7.58. The van der Waals surface area contributed by atoms with Crippen LogP contribution in [0.5, 0.6) is 0 Å². The molecule has 0 aliphatic carbocycles. The van der Waals surface area contributed by atoms with Gasteiger partial charge in [0.05, 0.1) is 11.7 Å². The Kier molecular flexibility index (Phi) is 7.27. The Bertz CT molecular complexity index is 518. The van der Waals surface area contributed by atoms with E-state index in [1.807, 2.05) is 44.2 Å². The molecule has 0 fully saturated rings. The lowest BCUT2D eigenvalue weighted by molar-refractivity contribution is -0.141. The smallest absolute Gasteiger partial charge is 0.307 e. The third kappa shape index (κ3) is 6.30. The lowest BCUT2D eigenvalue weighted by atomic mass is 9.99. The Morgan fingerprint density at radius 2 is 1.86 bits per heavy atom. The van der Waals surface area contributed by atoms with E-state index in [9.17, 15) is 19.4 Å². The van der Waals surface area contributed by atoms with Crippen LogP contribution in [0.3, 0.4) is 0 Å². The molecule has 124 valence electrons. The van der Waals surface area contributed by atoms with Crippen LogP contribution in [0.4, 0.5) is 0 Å². The topological polar surface area (TPSA) is 101 Å². The summed E-state index contributed by atoms with van der Waals surface area (Å²) in [5.41, 5.74) is 6.92. The second-order valence-corrected chi connectivity index (χ2v) is 8.73. The van der Waals surface area contributed by atoms with E-state index in [1.165, 1.54) is 0 Å². The minimum absolute atomic E-state index is 0.154. The summed E-state index contributed by atoms with van der Waals surface area (Å²) in [5.74, 6) is -2.58. The van der Waals surface area contributed by atoms with Crippen molar-refractivity contribution in [3.05, 3.63) is 35.9 Å². The molecule has 6 heteroatoms. The average molecular weight is 327 g/mol. The van der Waals surface area contributed by atoms with Crippen LogP contribution in [0.15, 0.2) is 30.3 Å². The molecular weight excluding hydrogens is 301 g/mol. The number of carboxylic acids is 1. The number of aryl methyl sites for hydroxylation is 1. The van der Waals surface area contributed by atoms with Gasteiger partial charge < -0.3 is 15.7 Å². The molecule has 22 heavy (non-hydrogen) atoms. The zero-order valence-corrected chi connectivity index (χ0v) is 14.1. The van der Waals surface area contributed by atoms with Gasteiger partial charge in [-0.05, 0) is 30.7 Å². The SMILES string of the molecule is CC(C)C[C@H](CP(=O)(O)[C@H](N)CCc1ccccc1)C(=O)O. The Balaban J connectivity index is 2.63. The fraction of sp³-hybridized carbons (Fsp3) is 0.562. The van der Waals surface area contributed by atoms with Gasteiger partial charge in [0.15, 0.2) is 0 Å². The number of carboxylic acid groups (broad SMARTS) is 1. The molecule has 3 atom stereocenters. The number of hydrogen-bond acceptors (Lipinski definition) is 3. The Hall–Kier alpha value is -1.16. The molecule has 1 rings (SSSR count). The first-order valence-electron chi connectivity index (χ1n) is 7.56. The van der Waals surface area contributed by atoms with Crippen LogP contribution < -0.4 is 5.73 Å². The largest absolute Gasteiger partial charge is 0.481 e. The molecule has 0 radical (unpaired) electrons. The third-order valence-electron chi connectivity index (χ3n) is 3.68. The summed E-state index contributed by atoms with van der Waals surface area (Å²) in [5, 5.41) is 9.20. The predicted molar refractivity (Wildman–Crippen MR) is 88.0 cm³/mol. The highest BCUT2D eigenvalue weighted by Gasteiger charge is 2.34. The Labute approximate surface area is 132 Å². The van der Waals surface area contributed by atoms with Gasteiger partial charge in [0.25, 0.3) is 0 Å². The van der Waals surface area contributed by atoms with Gasteiger partial charge in [0, 0.05) is 6.16 Å². The Morgan fingerprint density at radius 1 is 1.27 bits per heavy atom. The van der Waals surface area contributed by atoms with E-state index in [4.69, 9.17) is 5.73 Å². The second kappa shape index (κ2) is 8.47. The quantitative estimate of drug-likeness (QED) is 0.605. The van der Waals surface area contributed by atoms with Crippen molar-refractivity contribution < 1.29 is 19.4 Å². The summed E-state index contributed by atoms with van der Waals surface area (Å²) in [7, 11) is -3.69. The van der Waals surface area contributed by atoms with Gasteiger partial charge in [-0.15, -0.1) is 0 Å².